The number of aliphatic carboxylic acids is 1. The molecule has 1 N–H and O–H groups in total. The molecule has 18 heavy (non-hydrogen) atoms. The number of amides is 1. The smallest absolute Gasteiger partial charge is 0.345 e. The molecule has 1 unspecified atom stereocenters. The molecular formula is C12H14N2O3S. The molecule has 2 rings (SSSR count). The Labute approximate surface area is 109 Å². The summed E-state index contributed by atoms with van der Waals surface area (Å²) in [4.78, 5) is 26.9. The lowest BCUT2D eigenvalue weighted by molar-refractivity contribution is -0.148. The van der Waals surface area contributed by atoms with Crippen molar-refractivity contribution in [1.29, 1.82) is 0 Å². The lowest BCUT2D eigenvalue weighted by Crippen LogP contribution is -2.45. The Balaban J connectivity index is 2.58. The summed E-state index contributed by atoms with van der Waals surface area (Å²) in [6.45, 7) is 4.24. The second-order valence-corrected chi connectivity index (χ2v) is 6.69. The first-order valence-corrected chi connectivity index (χ1v) is 6.30. The topological polar surface area (TPSA) is 70.5 Å². The van der Waals surface area contributed by atoms with E-state index in [1.54, 1.807) is 18.3 Å². The summed E-state index contributed by atoms with van der Waals surface area (Å²) in [7, 11) is 0. The molecule has 1 aromatic heterocycles. The number of rotatable bonds is 3. The van der Waals surface area contributed by atoms with E-state index in [0.29, 0.717) is 18.5 Å². The summed E-state index contributed by atoms with van der Waals surface area (Å²) >= 11 is 1.26. The van der Waals surface area contributed by atoms with Gasteiger partial charge in [0.1, 0.15) is 0 Å². The largest absolute Gasteiger partial charge is 0.479 e. The third kappa shape index (κ3) is 1.86. The number of hydrogen-bond donors (Lipinski definition) is 1. The van der Waals surface area contributed by atoms with Gasteiger partial charge in [0, 0.05) is 29.2 Å². The van der Waals surface area contributed by atoms with Gasteiger partial charge in [-0.2, -0.15) is 0 Å². The van der Waals surface area contributed by atoms with E-state index in [2.05, 4.69) is 4.98 Å². The van der Waals surface area contributed by atoms with Gasteiger partial charge in [-0.25, -0.2) is 4.79 Å². The zero-order valence-electron chi connectivity index (χ0n) is 10.2. The van der Waals surface area contributed by atoms with E-state index >= 15 is 0 Å². The molecule has 1 amide bonds. The highest BCUT2D eigenvalue weighted by molar-refractivity contribution is 8.02. The van der Waals surface area contributed by atoms with E-state index in [0.717, 1.165) is 0 Å². The molecule has 6 heteroatoms. The Bertz CT molecular complexity index is 477. The molecule has 0 saturated carbocycles. The molecule has 0 radical (unpaired) electrons. The molecule has 2 heterocycles. The van der Waals surface area contributed by atoms with Gasteiger partial charge in [-0.3, -0.25) is 9.78 Å². The summed E-state index contributed by atoms with van der Waals surface area (Å²) in [6, 6.07) is 3.36. The van der Waals surface area contributed by atoms with Crippen LogP contribution in [0.3, 0.4) is 0 Å². The van der Waals surface area contributed by atoms with Crippen molar-refractivity contribution in [3.05, 3.63) is 30.1 Å². The van der Waals surface area contributed by atoms with Crippen LogP contribution in [0, 0.1) is 0 Å². The zero-order valence-corrected chi connectivity index (χ0v) is 11.0. The van der Waals surface area contributed by atoms with E-state index in [1.807, 2.05) is 13.8 Å². The van der Waals surface area contributed by atoms with Crippen LogP contribution >= 0.6 is 11.8 Å². The van der Waals surface area contributed by atoms with Gasteiger partial charge >= 0.3 is 5.97 Å². The average molecular weight is 266 g/mol. The molecule has 5 nitrogen and oxygen atoms in total. The number of carboxylic acids is 1. The minimum absolute atomic E-state index is 0.310. The summed E-state index contributed by atoms with van der Waals surface area (Å²) < 4.78 is -0.310. The Morgan fingerprint density at radius 3 is 2.83 bits per heavy atom. The summed E-state index contributed by atoms with van der Waals surface area (Å²) in [5.41, 5.74) is 0.514. The van der Waals surface area contributed by atoms with E-state index in [9.17, 15) is 14.7 Å². The molecule has 0 aromatic carbocycles. The van der Waals surface area contributed by atoms with Gasteiger partial charge in [0.2, 0.25) is 11.3 Å². The molecule has 1 aliphatic heterocycles. The van der Waals surface area contributed by atoms with Gasteiger partial charge < -0.3 is 10.0 Å². The van der Waals surface area contributed by atoms with Crippen LogP contribution in [0.15, 0.2) is 24.5 Å². The van der Waals surface area contributed by atoms with Gasteiger partial charge in [-0.15, -0.1) is 11.8 Å². The normalized spacial score (nSPS) is 26.0. The lowest BCUT2D eigenvalue weighted by Gasteiger charge is -2.30. The number of carbonyl (C=O) groups is 2. The van der Waals surface area contributed by atoms with Crippen LogP contribution in [0.1, 0.15) is 19.4 Å². The van der Waals surface area contributed by atoms with E-state index in [4.69, 9.17) is 0 Å². The molecule has 0 spiro atoms. The fraction of sp³-hybridized carbons (Fsp3) is 0.417. The van der Waals surface area contributed by atoms with Crippen LogP contribution in [-0.4, -0.2) is 38.7 Å². The second kappa shape index (κ2) is 4.28. The van der Waals surface area contributed by atoms with Crippen molar-refractivity contribution in [2.75, 3.05) is 6.54 Å². The van der Waals surface area contributed by atoms with Crippen LogP contribution in [0.2, 0.25) is 0 Å². The summed E-state index contributed by atoms with van der Waals surface area (Å²) in [5.74, 6) is -1.04. The van der Waals surface area contributed by atoms with Gasteiger partial charge in [0.25, 0.3) is 0 Å². The molecule has 96 valence electrons. The maximum Gasteiger partial charge on any atom is 0.345 e. The SMILES string of the molecule is CC1(C)CN(C=O)C(C(=O)O)(c2cccnc2)S1. The highest BCUT2D eigenvalue weighted by atomic mass is 32.2. The van der Waals surface area contributed by atoms with Crippen LogP contribution in [0.25, 0.3) is 0 Å². The molecule has 1 aromatic rings. The Morgan fingerprint density at radius 1 is 1.61 bits per heavy atom. The first kappa shape index (κ1) is 12.9. The first-order chi connectivity index (χ1) is 8.42. The van der Waals surface area contributed by atoms with Crippen LogP contribution in [0.4, 0.5) is 0 Å². The number of pyridine rings is 1. The van der Waals surface area contributed by atoms with Crippen molar-refractivity contribution < 1.29 is 14.7 Å². The zero-order chi connectivity index (χ0) is 13.4. The summed E-state index contributed by atoms with van der Waals surface area (Å²) in [5, 5.41) is 9.60. The number of thioether (sulfide) groups is 1. The quantitative estimate of drug-likeness (QED) is 0.835. The van der Waals surface area contributed by atoms with E-state index < -0.39 is 10.8 Å². The van der Waals surface area contributed by atoms with Crippen molar-refractivity contribution in [2.45, 2.75) is 23.5 Å². The molecule has 0 bridgehead atoms. The highest BCUT2D eigenvalue weighted by Crippen LogP contribution is 2.52. The molecule has 1 fully saturated rings. The van der Waals surface area contributed by atoms with Gasteiger partial charge in [0.15, 0.2) is 0 Å². The first-order valence-electron chi connectivity index (χ1n) is 5.48. The van der Waals surface area contributed by atoms with Crippen molar-refractivity contribution >= 4 is 24.1 Å². The minimum atomic E-state index is -1.38. The Hall–Kier alpha value is -1.56. The van der Waals surface area contributed by atoms with Crippen molar-refractivity contribution in [3.63, 3.8) is 0 Å². The van der Waals surface area contributed by atoms with Crippen LogP contribution < -0.4 is 0 Å². The summed E-state index contributed by atoms with van der Waals surface area (Å²) in [6.07, 6.45) is 3.68. The maximum atomic E-state index is 11.7. The average Bonchev–Trinajstić information content (AvgIpc) is 2.63. The van der Waals surface area contributed by atoms with Crippen LogP contribution in [-0.2, 0) is 14.5 Å². The second-order valence-electron chi connectivity index (χ2n) is 4.79. The maximum absolute atomic E-state index is 11.7. The predicted molar refractivity (Wildman–Crippen MR) is 68.0 cm³/mol. The minimum Gasteiger partial charge on any atom is -0.479 e. The molecule has 1 atom stereocenters. The van der Waals surface area contributed by atoms with E-state index in [-0.39, 0.29) is 4.75 Å². The highest BCUT2D eigenvalue weighted by Gasteiger charge is 2.56. The predicted octanol–water partition coefficient (Wildman–Crippen LogP) is 1.30. The Kier molecular flexibility index (Phi) is 3.06. The van der Waals surface area contributed by atoms with Gasteiger partial charge in [0.05, 0.1) is 0 Å². The number of carbonyl (C=O) groups excluding carboxylic acids is 1. The third-order valence-electron chi connectivity index (χ3n) is 2.85. The molecule has 1 aliphatic rings. The van der Waals surface area contributed by atoms with Crippen LogP contribution in [0.5, 0.6) is 0 Å². The van der Waals surface area contributed by atoms with Gasteiger partial charge in [-0.05, 0) is 19.9 Å². The van der Waals surface area contributed by atoms with Crippen molar-refractivity contribution in [1.82, 2.24) is 9.88 Å². The molecule has 0 aliphatic carbocycles. The number of aromatic nitrogens is 1. The Morgan fingerprint density at radius 2 is 2.33 bits per heavy atom. The molecule has 1 saturated heterocycles. The number of carboxylic acid groups (broad SMARTS) is 1. The fourth-order valence-corrected chi connectivity index (χ4v) is 3.76. The van der Waals surface area contributed by atoms with E-state index in [1.165, 1.54) is 22.9 Å². The third-order valence-corrected chi connectivity index (χ3v) is 4.47. The van der Waals surface area contributed by atoms with Crippen molar-refractivity contribution in [3.8, 4) is 0 Å². The van der Waals surface area contributed by atoms with Gasteiger partial charge in [-0.1, -0.05) is 6.07 Å². The number of hydrogen-bond acceptors (Lipinski definition) is 4. The van der Waals surface area contributed by atoms with Crippen molar-refractivity contribution in [2.24, 2.45) is 0 Å². The fourth-order valence-electron chi connectivity index (χ4n) is 2.20. The molecular weight excluding hydrogens is 252 g/mol. The monoisotopic (exact) mass is 266 g/mol. The number of nitrogens with zero attached hydrogens (tertiary/aromatic N) is 2. The standard InChI is InChI=1S/C12H14N2O3S/c1-11(2)7-14(8-15)12(18-11,10(16)17)9-4-3-5-13-6-9/h3-6,8H,7H2,1-2H3,(H,16,17). The lowest BCUT2D eigenvalue weighted by atomic mass is 10.1.